The summed E-state index contributed by atoms with van der Waals surface area (Å²) in [6, 6.07) is 9.12. The normalized spacial score (nSPS) is 15.4. The van der Waals surface area contributed by atoms with Crippen LogP contribution >= 0.6 is 0 Å². The number of aromatic nitrogens is 1. The first kappa shape index (κ1) is 14.3. The van der Waals surface area contributed by atoms with Crippen molar-refractivity contribution in [3.05, 3.63) is 35.5 Å². The summed E-state index contributed by atoms with van der Waals surface area (Å²) in [6.07, 6.45) is 2.61. The third kappa shape index (κ3) is 3.03. The summed E-state index contributed by atoms with van der Waals surface area (Å²) in [5, 5.41) is 4.80. The molecule has 3 rings (SSSR count). The molecule has 0 unspecified atom stereocenters. The predicted octanol–water partition coefficient (Wildman–Crippen LogP) is 3.79. The molecule has 1 fully saturated rings. The maximum atomic E-state index is 5.51. The van der Waals surface area contributed by atoms with Crippen LogP contribution in [0.4, 0.5) is 0 Å². The zero-order chi connectivity index (χ0) is 15.0. The molecule has 1 aliphatic rings. The van der Waals surface area contributed by atoms with Gasteiger partial charge in [-0.25, -0.2) is 4.98 Å². The molecule has 1 saturated carbocycles. The Morgan fingerprint density at radius 2 is 2.05 bits per heavy atom. The van der Waals surface area contributed by atoms with E-state index >= 15 is 0 Å². The van der Waals surface area contributed by atoms with Crippen LogP contribution in [0.3, 0.4) is 0 Å². The highest BCUT2D eigenvalue weighted by atomic mass is 16.5. The molecule has 0 radical (unpaired) electrons. The molecule has 1 N–H and O–H groups in total. The van der Waals surface area contributed by atoms with E-state index in [0.717, 1.165) is 23.5 Å². The number of pyridine rings is 1. The molecule has 0 aliphatic heterocycles. The van der Waals surface area contributed by atoms with Gasteiger partial charge in [-0.05, 0) is 30.5 Å². The molecule has 21 heavy (non-hydrogen) atoms. The molecular formula is C18H24N2O. The van der Waals surface area contributed by atoms with Gasteiger partial charge in [-0.1, -0.05) is 32.9 Å². The van der Waals surface area contributed by atoms with Crippen molar-refractivity contribution < 1.29 is 4.74 Å². The highest BCUT2D eigenvalue weighted by molar-refractivity contribution is 5.87. The maximum absolute atomic E-state index is 5.51. The lowest BCUT2D eigenvalue weighted by Gasteiger charge is -2.21. The number of nitrogens with zero attached hydrogens (tertiary/aromatic N) is 1. The number of nitrogens with one attached hydrogen (secondary N) is 1. The van der Waals surface area contributed by atoms with Crippen LogP contribution in [0.2, 0.25) is 0 Å². The second kappa shape index (κ2) is 5.30. The van der Waals surface area contributed by atoms with Gasteiger partial charge in [0.25, 0.3) is 0 Å². The van der Waals surface area contributed by atoms with Crippen LogP contribution in [0.1, 0.15) is 44.9 Å². The topological polar surface area (TPSA) is 34.1 Å². The van der Waals surface area contributed by atoms with E-state index in [9.17, 15) is 0 Å². The number of hydrogen-bond donors (Lipinski definition) is 1. The van der Waals surface area contributed by atoms with E-state index in [4.69, 9.17) is 9.72 Å². The van der Waals surface area contributed by atoms with Crippen molar-refractivity contribution in [3.8, 4) is 5.75 Å². The summed E-state index contributed by atoms with van der Waals surface area (Å²) < 4.78 is 5.51. The maximum Gasteiger partial charge on any atom is 0.145 e. The van der Waals surface area contributed by atoms with Gasteiger partial charge in [0, 0.05) is 29.1 Å². The number of hydrogen-bond acceptors (Lipinski definition) is 3. The lowest BCUT2D eigenvalue weighted by molar-refractivity contribution is 0.418. The van der Waals surface area contributed by atoms with Gasteiger partial charge < -0.3 is 10.1 Å². The third-order valence-electron chi connectivity index (χ3n) is 4.04. The van der Waals surface area contributed by atoms with Gasteiger partial charge >= 0.3 is 0 Å². The second-order valence-electron chi connectivity index (χ2n) is 6.93. The molecule has 1 aliphatic carbocycles. The van der Waals surface area contributed by atoms with E-state index in [1.165, 1.54) is 23.8 Å². The van der Waals surface area contributed by atoms with Crippen molar-refractivity contribution >= 4 is 10.9 Å². The van der Waals surface area contributed by atoms with E-state index in [2.05, 4.69) is 38.2 Å². The fraction of sp³-hybridized carbons (Fsp3) is 0.500. The molecule has 1 aromatic carbocycles. The Morgan fingerprint density at radius 1 is 1.29 bits per heavy atom. The van der Waals surface area contributed by atoms with Gasteiger partial charge in [0.05, 0.1) is 7.11 Å². The number of methoxy groups -OCH3 is 1. The molecule has 0 bridgehead atoms. The van der Waals surface area contributed by atoms with Crippen molar-refractivity contribution in [2.45, 2.75) is 51.6 Å². The van der Waals surface area contributed by atoms with Crippen molar-refractivity contribution in [2.75, 3.05) is 7.11 Å². The monoisotopic (exact) mass is 284 g/mol. The molecule has 0 atom stereocenters. The number of rotatable bonds is 4. The number of benzene rings is 1. The van der Waals surface area contributed by atoms with E-state index in [1.54, 1.807) is 7.11 Å². The first-order chi connectivity index (χ1) is 9.99. The van der Waals surface area contributed by atoms with Crippen molar-refractivity contribution in [3.63, 3.8) is 0 Å². The highest BCUT2D eigenvalue weighted by Gasteiger charge is 2.22. The van der Waals surface area contributed by atoms with Crippen LogP contribution in [0.25, 0.3) is 10.9 Å². The fourth-order valence-electron chi connectivity index (χ4n) is 2.53. The van der Waals surface area contributed by atoms with Crippen LogP contribution in [-0.4, -0.2) is 18.1 Å². The Hall–Kier alpha value is -1.61. The zero-order valence-electron chi connectivity index (χ0n) is 13.4. The molecule has 0 saturated heterocycles. The summed E-state index contributed by atoms with van der Waals surface area (Å²) >= 11 is 0. The van der Waals surface area contributed by atoms with Crippen molar-refractivity contribution in [2.24, 2.45) is 0 Å². The number of fused-ring (bicyclic) bond motifs is 1. The molecule has 3 heteroatoms. The van der Waals surface area contributed by atoms with Crippen LogP contribution in [-0.2, 0) is 12.0 Å². The van der Waals surface area contributed by atoms with Gasteiger partial charge in [-0.2, -0.15) is 0 Å². The first-order valence-corrected chi connectivity index (χ1v) is 7.69. The predicted molar refractivity (Wildman–Crippen MR) is 86.9 cm³/mol. The molecule has 0 spiro atoms. The SMILES string of the molecule is COc1cccc2c(CNC3CC3)cc(C(C)(C)C)nc12. The standard InChI is InChI=1S/C18H24N2O/c1-18(2,3)16-10-12(11-19-13-8-9-13)14-6-5-7-15(21-4)17(14)20-16/h5-7,10,13,19H,8-9,11H2,1-4H3. The van der Waals surface area contributed by atoms with E-state index in [-0.39, 0.29) is 5.41 Å². The third-order valence-corrected chi connectivity index (χ3v) is 4.04. The van der Waals surface area contributed by atoms with Crippen LogP contribution in [0, 0.1) is 0 Å². The Morgan fingerprint density at radius 3 is 2.67 bits per heavy atom. The molecule has 0 amide bonds. The van der Waals surface area contributed by atoms with Gasteiger partial charge in [0.2, 0.25) is 0 Å². The molecular weight excluding hydrogens is 260 g/mol. The summed E-state index contributed by atoms with van der Waals surface area (Å²) in [4.78, 5) is 4.87. The minimum absolute atomic E-state index is 0.0311. The van der Waals surface area contributed by atoms with Gasteiger partial charge in [0.1, 0.15) is 11.3 Å². The summed E-state index contributed by atoms with van der Waals surface area (Å²) in [5.41, 5.74) is 3.44. The highest BCUT2D eigenvalue weighted by Crippen LogP contribution is 2.31. The molecule has 2 aromatic rings. The van der Waals surface area contributed by atoms with E-state index in [1.807, 2.05) is 12.1 Å². The molecule has 1 aromatic heterocycles. The van der Waals surface area contributed by atoms with Crippen LogP contribution in [0.5, 0.6) is 5.75 Å². The Kier molecular flexibility index (Phi) is 3.62. The first-order valence-electron chi connectivity index (χ1n) is 7.69. The molecule has 3 nitrogen and oxygen atoms in total. The van der Waals surface area contributed by atoms with E-state index < -0.39 is 0 Å². The Labute approximate surface area is 126 Å². The van der Waals surface area contributed by atoms with Crippen molar-refractivity contribution in [1.82, 2.24) is 10.3 Å². The minimum Gasteiger partial charge on any atom is -0.494 e. The Bertz CT molecular complexity index is 654. The van der Waals surface area contributed by atoms with Gasteiger partial charge in [0.15, 0.2) is 0 Å². The zero-order valence-corrected chi connectivity index (χ0v) is 13.4. The largest absolute Gasteiger partial charge is 0.494 e. The molecule has 1 heterocycles. The number of para-hydroxylation sites is 1. The second-order valence-corrected chi connectivity index (χ2v) is 6.93. The Balaban J connectivity index is 2.12. The fourth-order valence-corrected chi connectivity index (χ4v) is 2.53. The summed E-state index contributed by atoms with van der Waals surface area (Å²) in [7, 11) is 1.71. The average Bonchev–Trinajstić information content (AvgIpc) is 3.27. The smallest absolute Gasteiger partial charge is 0.145 e. The molecule has 112 valence electrons. The quantitative estimate of drug-likeness (QED) is 0.927. The van der Waals surface area contributed by atoms with Crippen LogP contribution in [0.15, 0.2) is 24.3 Å². The summed E-state index contributed by atoms with van der Waals surface area (Å²) in [5.74, 6) is 0.853. The van der Waals surface area contributed by atoms with Crippen LogP contribution < -0.4 is 10.1 Å². The van der Waals surface area contributed by atoms with Gasteiger partial charge in [-0.15, -0.1) is 0 Å². The van der Waals surface area contributed by atoms with E-state index in [0.29, 0.717) is 6.04 Å². The lowest BCUT2D eigenvalue weighted by atomic mass is 9.89. The number of ether oxygens (including phenoxy) is 1. The van der Waals surface area contributed by atoms with Crippen molar-refractivity contribution in [1.29, 1.82) is 0 Å². The lowest BCUT2D eigenvalue weighted by Crippen LogP contribution is -2.18. The minimum atomic E-state index is 0.0311. The van der Waals surface area contributed by atoms with Gasteiger partial charge in [-0.3, -0.25) is 0 Å². The average molecular weight is 284 g/mol. The summed E-state index contributed by atoms with van der Waals surface area (Å²) in [6.45, 7) is 7.51.